The zero-order valence-corrected chi connectivity index (χ0v) is 55.5. The largest absolute Gasteiger partial charge is 0.102 e. The smallest absolute Gasteiger partial charge is 0.0120 e. The molecule has 0 aliphatic carbocycles. The van der Waals surface area contributed by atoms with Crippen molar-refractivity contribution in [1.82, 2.24) is 0 Å². The van der Waals surface area contributed by atoms with Gasteiger partial charge < -0.3 is 0 Å². The Morgan fingerprint density at radius 1 is 0.120 bits per heavy atom. The molecule has 0 bridgehead atoms. The van der Waals surface area contributed by atoms with Crippen LogP contribution in [0.4, 0.5) is 0 Å². The molecule has 0 aliphatic rings. The highest BCUT2D eigenvalue weighted by molar-refractivity contribution is 7.74. The maximum atomic E-state index is 2.33. The second-order valence-corrected chi connectivity index (χ2v) is 31.2. The third-order valence-electron chi connectivity index (χ3n) is 17.7. The van der Waals surface area contributed by atoms with Crippen LogP contribution in [-0.4, -0.2) is 30.6 Å². The van der Waals surface area contributed by atoms with Crippen LogP contribution in [-0.2, 0) is 0 Å². The summed E-state index contributed by atoms with van der Waals surface area (Å²) in [5.41, 5.74) is 0. The summed E-state index contributed by atoms with van der Waals surface area (Å²) in [5, 5.41) is 0. The molecule has 0 nitrogen and oxygen atoms in total. The van der Waals surface area contributed by atoms with E-state index in [9.17, 15) is 0 Å². The molecule has 452 valence electrons. The van der Waals surface area contributed by atoms with E-state index in [1.165, 1.54) is 385 Å². The van der Waals surface area contributed by atoms with Gasteiger partial charge in [0, 0.05) is 0 Å². The van der Waals surface area contributed by atoms with Gasteiger partial charge in [-0.2, -0.15) is 0 Å². The van der Waals surface area contributed by atoms with Crippen LogP contribution < -0.4 is 0 Å². The molecule has 0 rings (SSSR count). The van der Waals surface area contributed by atoms with Gasteiger partial charge in [0.25, 0.3) is 0 Å². The Balaban J connectivity index is 4.87. The highest BCUT2D eigenvalue weighted by atomic mass is 31.2. The molecule has 0 fully saturated rings. The van der Waals surface area contributed by atoms with Crippen LogP contribution in [0.3, 0.4) is 0 Å². The molecule has 0 amide bonds. The molecule has 0 aliphatic heterocycles. The Morgan fingerprint density at radius 3 is 0.320 bits per heavy atom. The van der Waals surface area contributed by atoms with Crippen LogP contribution in [0.1, 0.15) is 439 Å². The summed E-state index contributed by atoms with van der Waals surface area (Å²) < 4.78 is 0. The van der Waals surface area contributed by atoms with Gasteiger partial charge in [-0.25, -0.2) is 0 Å². The predicted molar refractivity (Wildman–Crippen MR) is 356 cm³/mol. The number of hydrogen-bond donors (Lipinski definition) is 0. The molecule has 0 N–H and O–H groups in total. The standard InChI is InChI=1S/C73H150P2/c1-5-9-13-17-21-25-29-33-37-41-45-49-53-57-61-65-69-74(70-66-62-58-54-50-46-42-38-34-30-26-22-18-14-10-6-2)73-75(71-67-63-59-55-51-47-43-39-35-31-27-23-19-15-11-7-3)72-68-64-60-56-52-48-44-40-36-32-28-24-20-16-12-8-4/h5-73H2,1-4H3. The van der Waals surface area contributed by atoms with E-state index in [1.54, 1.807) is 56.2 Å². The molecular formula is C73H150P2. The quantitative estimate of drug-likeness (QED) is 0.0421. The lowest BCUT2D eigenvalue weighted by molar-refractivity contribution is 0.531. The first kappa shape index (κ1) is 75.9. The summed E-state index contributed by atoms with van der Waals surface area (Å²) in [6, 6.07) is 0. The van der Waals surface area contributed by atoms with Gasteiger partial charge in [0.2, 0.25) is 0 Å². The minimum Gasteiger partial charge on any atom is -0.102 e. The minimum atomic E-state index is 0.255. The Kier molecular flexibility index (Phi) is 71.8. The molecular weight excluding hydrogens is 939 g/mol. The summed E-state index contributed by atoms with van der Waals surface area (Å²) in [5.74, 6) is 1.71. The van der Waals surface area contributed by atoms with Gasteiger partial charge in [-0.05, 0) is 56.2 Å². The summed E-state index contributed by atoms with van der Waals surface area (Å²) in [7, 11) is 0.509. The van der Waals surface area contributed by atoms with Crippen LogP contribution in [0.2, 0.25) is 0 Å². The molecule has 0 aromatic carbocycles. The second kappa shape index (κ2) is 71.0. The first-order valence-corrected chi connectivity index (χ1v) is 40.5. The number of hydrogen-bond acceptors (Lipinski definition) is 0. The zero-order chi connectivity index (χ0) is 53.9. The lowest BCUT2D eigenvalue weighted by Crippen LogP contribution is -2.01. The molecule has 0 aromatic heterocycles. The average molecular weight is 1090 g/mol. The van der Waals surface area contributed by atoms with Crippen LogP contribution in [0.25, 0.3) is 0 Å². The van der Waals surface area contributed by atoms with E-state index < -0.39 is 0 Å². The fraction of sp³-hybridized carbons (Fsp3) is 1.00. The molecule has 0 heterocycles. The molecule has 0 unspecified atom stereocenters. The van der Waals surface area contributed by atoms with Gasteiger partial charge in [0.15, 0.2) is 0 Å². The van der Waals surface area contributed by atoms with Gasteiger partial charge >= 0.3 is 0 Å². The molecule has 0 aromatic rings. The maximum absolute atomic E-state index is 2.33. The van der Waals surface area contributed by atoms with Crippen molar-refractivity contribution in [3.05, 3.63) is 0 Å². The third kappa shape index (κ3) is 67.3. The van der Waals surface area contributed by atoms with Crippen molar-refractivity contribution < 1.29 is 0 Å². The van der Waals surface area contributed by atoms with Crippen molar-refractivity contribution in [2.75, 3.05) is 30.6 Å². The second-order valence-electron chi connectivity index (χ2n) is 25.6. The fourth-order valence-electron chi connectivity index (χ4n) is 12.3. The first-order valence-electron chi connectivity index (χ1n) is 36.7. The molecule has 2 heteroatoms. The lowest BCUT2D eigenvalue weighted by Gasteiger charge is -2.25. The summed E-state index contributed by atoms with van der Waals surface area (Å²) >= 11 is 0. The molecule has 75 heavy (non-hydrogen) atoms. The number of unbranched alkanes of at least 4 members (excludes halogenated alkanes) is 60. The van der Waals surface area contributed by atoms with Crippen molar-refractivity contribution in [2.45, 2.75) is 439 Å². The van der Waals surface area contributed by atoms with Gasteiger partial charge in [0.1, 0.15) is 0 Å². The first-order chi connectivity index (χ1) is 37.3. The van der Waals surface area contributed by atoms with Crippen molar-refractivity contribution in [3.63, 3.8) is 0 Å². The van der Waals surface area contributed by atoms with E-state index in [-0.39, 0.29) is 15.8 Å². The molecule has 0 saturated heterocycles. The normalized spacial score (nSPS) is 11.9. The topological polar surface area (TPSA) is 0 Å². The predicted octanol–water partition coefficient (Wildman–Crippen LogP) is 29.0. The summed E-state index contributed by atoms with van der Waals surface area (Å²) in [6.07, 6.45) is 102. The number of rotatable bonds is 70. The molecule has 0 spiro atoms. The van der Waals surface area contributed by atoms with Crippen molar-refractivity contribution in [1.29, 1.82) is 0 Å². The van der Waals surface area contributed by atoms with Gasteiger partial charge in [-0.3, -0.25) is 0 Å². The van der Waals surface area contributed by atoms with E-state index in [1.807, 2.05) is 0 Å². The van der Waals surface area contributed by atoms with E-state index in [0.717, 1.165) is 0 Å². The van der Waals surface area contributed by atoms with Crippen LogP contribution in [0.15, 0.2) is 0 Å². The van der Waals surface area contributed by atoms with E-state index in [2.05, 4.69) is 27.7 Å². The maximum Gasteiger partial charge on any atom is -0.0120 e. The Morgan fingerprint density at radius 2 is 0.213 bits per heavy atom. The fourth-order valence-corrected chi connectivity index (χ4v) is 20.0. The van der Waals surface area contributed by atoms with Gasteiger partial charge in [-0.1, -0.05) is 413 Å². The summed E-state index contributed by atoms with van der Waals surface area (Å²) in [4.78, 5) is 0. The molecule has 0 saturated carbocycles. The van der Waals surface area contributed by atoms with Gasteiger partial charge in [-0.15, -0.1) is 15.8 Å². The van der Waals surface area contributed by atoms with Crippen LogP contribution >= 0.6 is 15.8 Å². The van der Waals surface area contributed by atoms with Crippen molar-refractivity contribution >= 4 is 15.8 Å². The molecule has 0 radical (unpaired) electrons. The lowest BCUT2D eigenvalue weighted by atomic mass is 10.0. The van der Waals surface area contributed by atoms with Crippen molar-refractivity contribution in [3.8, 4) is 0 Å². The Labute approximate surface area is 482 Å². The Bertz CT molecular complexity index is 802. The minimum absolute atomic E-state index is 0.255. The monoisotopic (exact) mass is 1090 g/mol. The SMILES string of the molecule is CCCCCCCCCCCCCCCCCCP(CCCCCCCCCCCCCCCCCC)CP(CCCCCCCCCCCCCCCCCC)CCCCCCCCCCCCCCCCCC. The highest BCUT2D eigenvalue weighted by Crippen LogP contribution is 2.53. The van der Waals surface area contributed by atoms with Crippen LogP contribution in [0.5, 0.6) is 0 Å². The Hall–Kier alpha value is 0.860. The van der Waals surface area contributed by atoms with Crippen molar-refractivity contribution in [2.24, 2.45) is 0 Å². The molecule has 0 atom stereocenters. The third-order valence-corrected chi connectivity index (χ3v) is 24.7. The van der Waals surface area contributed by atoms with E-state index in [4.69, 9.17) is 0 Å². The van der Waals surface area contributed by atoms with Crippen LogP contribution in [0, 0.1) is 0 Å². The average Bonchev–Trinajstić information content (AvgIpc) is 3.42. The van der Waals surface area contributed by atoms with Gasteiger partial charge in [0.05, 0.1) is 0 Å². The van der Waals surface area contributed by atoms with E-state index >= 15 is 0 Å². The zero-order valence-electron chi connectivity index (χ0n) is 53.7. The summed E-state index contributed by atoms with van der Waals surface area (Å²) in [6.45, 7) is 9.34. The van der Waals surface area contributed by atoms with E-state index in [0.29, 0.717) is 0 Å². The highest BCUT2D eigenvalue weighted by Gasteiger charge is 2.16.